The molecule has 1 aromatic heterocycles. The number of nitrogens with zero attached hydrogens (tertiary/aromatic N) is 1. The molecule has 0 saturated heterocycles. The number of thiophene rings is 1. The Morgan fingerprint density at radius 2 is 1.53 bits per heavy atom. The van der Waals surface area contributed by atoms with Crippen LogP contribution in [0.3, 0.4) is 0 Å². The van der Waals surface area contributed by atoms with Gasteiger partial charge < -0.3 is 39.0 Å². The van der Waals surface area contributed by atoms with Crippen LogP contribution in [0.2, 0.25) is 0 Å². The minimum atomic E-state index is -0.533. The van der Waals surface area contributed by atoms with Crippen molar-refractivity contribution in [3.8, 4) is 33.4 Å². The highest BCUT2D eigenvalue weighted by atomic mass is 79.9. The van der Waals surface area contributed by atoms with E-state index in [1.807, 2.05) is 66.7 Å². The lowest BCUT2D eigenvalue weighted by Crippen LogP contribution is -2.44. The number of phenols is 1. The number of benzene rings is 4. The van der Waals surface area contributed by atoms with Crippen molar-refractivity contribution >= 4 is 60.5 Å². The number of ketones is 2. The van der Waals surface area contributed by atoms with E-state index < -0.39 is 6.04 Å². The standard InChI is InChI=1S/C42H41BrN2O9S/c43-28-6-4-27(5-7-28)41-40(34-14-8-30(47)25-39(34)55-41)54-32-12-10-31(11-13-32)53-23-22-52-21-20-51-19-18-50-17-16-44-36-3-1-2-33-35(36)26-45(42(33)49)37-15-9-29(46)24-38(37)48/h1-8,10-14,25,37,44,47H,9,15-24,26H2. The number of hydrogen-bond acceptors (Lipinski definition) is 11. The van der Waals surface area contributed by atoms with Gasteiger partial charge >= 0.3 is 0 Å². The number of amides is 1. The molecule has 0 radical (unpaired) electrons. The molecule has 5 aromatic rings. The number of hydrogen-bond donors (Lipinski definition) is 2. The number of ether oxygens (including phenoxy) is 5. The van der Waals surface area contributed by atoms with Crippen LogP contribution < -0.4 is 14.8 Å². The van der Waals surface area contributed by atoms with Gasteiger partial charge in [-0.2, -0.15) is 0 Å². The van der Waals surface area contributed by atoms with Gasteiger partial charge in [-0.1, -0.05) is 34.1 Å². The lowest BCUT2D eigenvalue weighted by Gasteiger charge is -2.29. The largest absolute Gasteiger partial charge is 0.508 e. The SMILES string of the molecule is O=C1CCC(N2Cc3c(NCCOCCOCCOCCOc4ccc(Oc5c(-c6ccc(Br)cc6)sc6cc(O)ccc56)cc4)cccc3C2=O)C(=O)C1. The molecular weight excluding hydrogens is 788 g/mol. The Kier molecular flexibility index (Phi) is 12.8. The number of carbonyl (C=O) groups is 3. The Morgan fingerprint density at radius 3 is 2.27 bits per heavy atom. The van der Waals surface area contributed by atoms with E-state index >= 15 is 0 Å². The molecule has 0 bridgehead atoms. The maximum absolute atomic E-state index is 13.0. The second kappa shape index (κ2) is 18.2. The maximum atomic E-state index is 13.0. The molecule has 1 fully saturated rings. The van der Waals surface area contributed by atoms with Gasteiger partial charge in [0.05, 0.1) is 57.0 Å². The highest BCUT2D eigenvalue weighted by molar-refractivity contribution is 9.10. The second-order valence-corrected chi connectivity index (χ2v) is 15.1. The summed E-state index contributed by atoms with van der Waals surface area (Å²) in [5, 5.41) is 14.3. The molecule has 4 aromatic carbocycles. The number of nitrogens with one attached hydrogen (secondary N) is 1. The van der Waals surface area contributed by atoms with E-state index in [-0.39, 0.29) is 29.6 Å². The first-order valence-corrected chi connectivity index (χ1v) is 19.8. The van der Waals surface area contributed by atoms with E-state index in [4.69, 9.17) is 23.7 Å². The lowest BCUT2D eigenvalue weighted by molar-refractivity contribution is -0.133. The molecule has 7 rings (SSSR count). The zero-order valence-electron chi connectivity index (χ0n) is 30.1. The Balaban J connectivity index is 0.755. The monoisotopic (exact) mass is 828 g/mol. The molecule has 11 nitrogen and oxygen atoms in total. The first-order chi connectivity index (χ1) is 26.8. The molecular formula is C42H41BrN2O9S. The molecule has 2 heterocycles. The predicted molar refractivity (Wildman–Crippen MR) is 214 cm³/mol. The van der Waals surface area contributed by atoms with Crippen molar-refractivity contribution in [1.82, 2.24) is 4.90 Å². The van der Waals surface area contributed by atoms with Crippen molar-refractivity contribution in [2.75, 3.05) is 58.1 Å². The van der Waals surface area contributed by atoms with Crippen LogP contribution >= 0.6 is 27.3 Å². The van der Waals surface area contributed by atoms with Gasteiger partial charge in [0, 0.05) is 50.9 Å². The summed E-state index contributed by atoms with van der Waals surface area (Å²) in [6, 6.07) is 25.8. The average molecular weight is 830 g/mol. The number of fused-ring (bicyclic) bond motifs is 2. The zero-order valence-corrected chi connectivity index (χ0v) is 32.5. The number of phenolic OH excluding ortho intramolecular Hbond substituents is 1. The van der Waals surface area contributed by atoms with Gasteiger partial charge in [-0.25, -0.2) is 0 Å². The van der Waals surface area contributed by atoms with Crippen LogP contribution in [-0.4, -0.2) is 86.3 Å². The molecule has 55 heavy (non-hydrogen) atoms. The van der Waals surface area contributed by atoms with Gasteiger partial charge in [-0.3, -0.25) is 14.4 Å². The zero-order chi connectivity index (χ0) is 38.1. The van der Waals surface area contributed by atoms with Crippen molar-refractivity contribution in [3.05, 3.63) is 101 Å². The molecule has 1 unspecified atom stereocenters. The van der Waals surface area contributed by atoms with E-state index in [0.29, 0.717) is 89.2 Å². The molecule has 1 saturated carbocycles. The molecule has 13 heteroatoms. The van der Waals surface area contributed by atoms with Crippen LogP contribution in [0.5, 0.6) is 23.0 Å². The minimum Gasteiger partial charge on any atom is -0.508 e. The average Bonchev–Trinajstić information content (AvgIpc) is 3.71. The van der Waals surface area contributed by atoms with Crippen LogP contribution in [0.1, 0.15) is 35.2 Å². The van der Waals surface area contributed by atoms with Crippen molar-refractivity contribution in [3.63, 3.8) is 0 Å². The highest BCUT2D eigenvalue weighted by Crippen LogP contribution is 2.47. The summed E-state index contributed by atoms with van der Waals surface area (Å²) in [7, 11) is 0. The molecule has 286 valence electrons. The maximum Gasteiger partial charge on any atom is 0.255 e. The summed E-state index contributed by atoms with van der Waals surface area (Å²) < 4.78 is 31.2. The first kappa shape index (κ1) is 38.5. The Hall–Kier alpha value is -4.79. The topological polar surface area (TPSA) is 133 Å². The van der Waals surface area contributed by atoms with Crippen LogP contribution in [0.15, 0.2) is 89.4 Å². The van der Waals surface area contributed by atoms with E-state index in [2.05, 4.69) is 21.2 Å². The van der Waals surface area contributed by atoms with Crippen molar-refractivity contribution in [1.29, 1.82) is 0 Å². The number of rotatable bonds is 18. The van der Waals surface area contributed by atoms with Crippen molar-refractivity contribution in [2.24, 2.45) is 0 Å². The summed E-state index contributed by atoms with van der Waals surface area (Å²) in [6.07, 6.45) is 0.634. The fraction of sp³-hybridized carbons (Fsp3) is 0.310. The molecule has 1 atom stereocenters. The number of carbonyl (C=O) groups excluding carboxylic acids is 3. The summed E-state index contributed by atoms with van der Waals surface area (Å²) in [5.74, 6) is 1.94. The summed E-state index contributed by atoms with van der Waals surface area (Å²) in [4.78, 5) is 39.7. The van der Waals surface area contributed by atoms with Gasteiger partial charge in [0.2, 0.25) is 0 Å². The summed E-state index contributed by atoms with van der Waals surface area (Å²) in [6.45, 7) is 3.90. The number of aromatic hydroxyl groups is 1. The highest BCUT2D eigenvalue weighted by Gasteiger charge is 2.39. The van der Waals surface area contributed by atoms with Crippen LogP contribution in [0.4, 0.5) is 5.69 Å². The van der Waals surface area contributed by atoms with Gasteiger partial charge in [0.25, 0.3) is 5.91 Å². The third-order valence-corrected chi connectivity index (χ3v) is 11.1. The van der Waals surface area contributed by atoms with Crippen LogP contribution in [-0.2, 0) is 30.3 Å². The second-order valence-electron chi connectivity index (χ2n) is 13.1. The number of halogens is 1. The number of Topliss-reactive ketones (excluding diaryl/α,β-unsaturated/α-hetero) is 2. The molecule has 1 aliphatic carbocycles. The Labute approximate surface area is 331 Å². The molecule has 1 amide bonds. The minimum absolute atomic E-state index is 0.0554. The third kappa shape index (κ3) is 9.54. The third-order valence-electron chi connectivity index (χ3n) is 9.39. The quantitative estimate of drug-likeness (QED) is 0.0661. The van der Waals surface area contributed by atoms with Crippen LogP contribution in [0, 0.1) is 0 Å². The molecule has 2 aliphatic rings. The van der Waals surface area contributed by atoms with Gasteiger partial charge in [-0.05, 0) is 78.7 Å². The van der Waals surface area contributed by atoms with Gasteiger partial charge in [0.15, 0.2) is 11.5 Å². The van der Waals surface area contributed by atoms with E-state index in [9.17, 15) is 19.5 Å². The van der Waals surface area contributed by atoms with E-state index in [1.165, 1.54) is 0 Å². The van der Waals surface area contributed by atoms with Crippen molar-refractivity contribution < 1.29 is 43.2 Å². The van der Waals surface area contributed by atoms with Crippen LogP contribution in [0.25, 0.3) is 20.5 Å². The van der Waals surface area contributed by atoms with E-state index in [1.54, 1.807) is 34.4 Å². The number of anilines is 1. The van der Waals surface area contributed by atoms with Gasteiger partial charge in [-0.15, -0.1) is 11.3 Å². The summed E-state index contributed by atoms with van der Waals surface area (Å²) >= 11 is 5.07. The summed E-state index contributed by atoms with van der Waals surface area (Å²) in [5.41, 5.74) is 3.33. The van der Waals surface area contributed by atoms with Crippen molar-refractivity contribution in [2.45, 2.75) is 31.8 Å². The Bertz CT molecular complexity index is 2140. The fourth-order valence-electron chi connectivity index (χ4n) is 6.65. The molecule has 2 N–H and O–H groups in total. The molecule has 1 aliphatic heterocycles. The Morgan fingerprint density at radius 1 is 0.818 bits per heavy atom. The molecule has 0 spiro atoms. The predicted octanol–water partition coefficient (Wildman–Crippen LogP) is 8.02. The van der Waals surface area contributed by atoms with Gasteiger partial charge in [0.1, 0.15) is 29.6 Å². The van der Waals surface area contributed by atoms with E-state index in [0.717, 1.165) is 42.0 Å². The fourth-order valence-corrected chi connectivity index (χ4v) is 8.09. The smallest absolute Gasteiger partial charge is 0.255 e. The normalized spacial score (nSPS) is 15.5. The lowest BCUT2D eigenvalue weighted by atomic mass is 9.92. The first-order valence-electron chi connectivity index (χ1n) is 18.2.